The second-order valence-electron chi connectivity index (χ2n) is 7.25. The van der Waals surface area contributed by atoms with Crippen LogP contribution in [0.2, 0.25) is 5.02 Å². The Labute approximate surface area is 196 Å². The predicted octanol–water partition coefficient (Wildman–Crippen LogP) is 5.43. The fourth-order valence-electron chi connectivity index (χ4n) is 3.35. The Morgan fingerprint density at radius 1 is 1.03 bits per heavy atom. The number of rotatable bonds is 6. The number of aromatic nitrogens is 4. The number of amides is 1. The minimum Gasteiger partial charge on any atom is -0.315 e. The van der Waals surface area contributed by atoms with Crippen molar-refractivity contribution in [1.82, 2.24) is 19.7 Å². The third-order valence-corrected chi connectivity index (χ3v) is 6.60. The molecular weight excluding hydrogens is 442 g/mol. The van der Waals surface area contributed by atoms with Gasteiger partial charge in [0.1, 0.15) is 0 Å². The van der Waals surface area contributed by atoms with Gasteiger partial charge in [-0.3, -0.25) is 14.3 Å². The molecular formula is C24H22ClN5OS. The van der Waals surface area contributed by atoms with Crippen LogP contribution in [0.1, 0.15) is 12.5 Å². The summed E-state index contributed by atoms with van der Waals surface area (Å²) in [5, 5.41) is 9.77. The van der Waals surface area contributed by atoms with Gasteiger partial charge in [0.05, 0.1) is 10.9 Å². The third kappa shape index (κ3) is 4.40. The van der Waals surface area contributed by atoms with E-state index in [9.17, 15) is 4.79 Å². The van der Waals surface area contributed by atoms with Crippen molar-refractivity contribution < 1.29 is 4.79 Å². The summed E-state index contributed by atoms with van der Waals surface area (Å²) < 4.78 is 1.95. The minimum atomic E-state index is -0.382. The third-order valence-electron chi connectivity index (χ3n) is 5.16. The van der Waals surface area contributed by atoms with Crippen LogP contribution in [0, 0.1) is 6.92 Å². The van der Waals surface area contributed by atoms with Crippen molar-refractivity contribution in [3.8, 4) is 17.1 Å². The van der Waals surface area contributed by atoms with E-state index in [1.807, 2.05) is 79.1 Å². The van der Waals surface area contributed by atoms with Crippen LogP contribution < -0.4 is 4.90 Å². The zero-order valence-electron chi connectivity index (χ0n) is 17.9. The number of hydrogen-bond donors (Lipinski definition) is 0. The summed E-state index contributed by atoms with van der Waals surface area (Å²) in [6.07, 6.45) is 3.43. The van der Waals surface area contributed by atoms with Crippen molar-refractivity contribution in [2.24, 2.45) is 0 Å². The Hall–Kier alpha value is -3.16. The molecule has 4 aromatic rings. The number of thioether (sulfide) groups is 1. The molecule has 0 bridgehead atoms. The monoisotopic (exact) mass is 463 g/mol. The number of nitrogens with zero attached hydrogens (tertiary/aromatic N) is 5. The van der Waals surface area contributed by atoms with Gasteiger partial charge in [-0.1, -0.05) is 47.6 Å². The number of carbonyl (C=O) groups is 1. The molecule has 162 valence electrons. The smallest absolute Gasteiger partial charge is 0.240 e. The highest BCUT2D eigenvalue weighted by molar-refractivity contribution is 8.00. The average Bonchev–Trinajstić information content (AvgIpc) is 3.24. The van der Waals surface area contributed by atoms with E-state index in [0.29, 0.717) is 16.0 Å². The molecule has 6 nitrogen and oxygen atoms in total. The molecule has 0 aliphatic heterocycles. The molecule has 0 fully saturated rings. The SMILES string of the molecule is Cc1c(Cl)cccc1-n1c(SC(C)C(=O)N(C)c2ccccc2)nnc1-c1ccncc1. The average molecular weight is 464 g/mol. The summed E-state index contributed by atoms with van der Waals surface area (Å²) in [5.74, 6) is 0.639. The number of anilines is 1. The van der Waals surface area contributed by atoms with Gasteiger partial charge in [-0.05, 0) is 55.8 Å². The molecule has 0 aliphatic rings. The molecule has 1 amide bonds. The first-order valence-electron chi connectivity index (χ1n) is 10.1. The van der Waals surface area contributed by atoms with Gasteiger partial charge in [0, 0.05) is 35.7 Å². The zero-order valence-corrected chi connectivity index (χ0v) is 19.5. The molecule has 0 saturated carbocycles. The van der Waals surface area contributed by atoms with Gasteiger partial charge in [-0.25, -0.2) is 0 Å². The van der Waals surface area contributed by atoms with Crippen LogP contribution in [0.4, 0.5) is 5.69 Å². The number of hydrogen-bond acceptors (Lipinski definition) is 5. The second kappa shape index (κ2) is 9.54. The van der Waals surface area contributed by atoms with Crippen molar-refractivity contribution in [2.45, 2.75) is 24.3 Å². The van der Waals surface area contributed by atoms with E-state index in [1.54, 1.807) is 24.3 Å². The van der Waals surface area contributed by atoms with Crippen molar-refractivity contribution >= 4 is 35.0 Å². The van der Waals surface area contributed by atoms with E-state index in [4.69, 9.17) is 11.6 Å². The summed E-state index contributed by atoms with van der Waals surface area (Å²) in [6, 6.07) is 19.1. The molecule has 0 N–H and O–H groups in total. The Morgan fingerprint density at radius 2 is 1.75 bits per heavy atom. The van der Waals surface area contributed by atoms with E-state index >= 15 is 0 Å². The molecule has 2 aromatic carbocycles. The fourth-order valence-corrected chi connectivity index (χ4v) is 4.47. The normalized spacial score (nSPS) is 11.9. The quantitative estimate of drug-likeness (QED) is 0.356. The van der Waals surface area contributed by atoms with Crippen LogP contribution >= 0.6 is 23.4 Å². The van der Waals surface area contributed by atoms with Gasteiger partial charge in [0.15, 0.2) is 11.0 Å². The Kier molecular flexibility index (Phi) is 6.58. The standard InChI is InChI=1S/C24H22ClN5OS/c1-16-20(25)10-7-11-21(16)30-22(18-12-14-26-15-13-18)27-28-24(30)32-17(2)23(31)29(3)19-8-5-4-6-9-19/h4-15,17H,1-3H3. The van der Waals surface area contributed by atoms with Crippen LogP contribution in [-0.2, 0) is 4.79 Å². The van der Waals surface area contributed by atoms with Crippen LogP contribution in [-0.4, -0.2) is 38.0 Å². The lowest BCUT2D eigenvalue weighted by molar-refractivity contribution is -0.117. The van der Waals surface area contributed by atoms with Gasteiger partial charge in [0.2, 0.25) is 5.91 Å². The first kappa shape index (κ1) is 22.0. The predicted molar refractivity (Wildman–Crippen MR) is 130 cm³/mol. The lowest BCUT2D eigenvalue weighted by atomic mass is 10.2. The second-order valence-corrected chi connectivity index (χ2v) is 8.97. The maximum absolute atomic E-state index is 13.1. The molecule has 1 unspecified atom stereocenters. The molecule has 0 aliphatic carbocycles. The van der Waals surface area contributed by atoms with Crippen LogP contribution in [0.3, 0.4) is 0 Å². The Bertz CT molecular complexity index is 1230. The number of para-hydroxylation sites is 1. The van der Waals surface area contributed by atoms with Crippen LogP contribution in [0.5, 0.6) is 0 Å². The topological polar surface area (TPSA) is 63.9 Å². The highest BCUT2D eigenvalue weighted by atomic mass is 35.5. The Morgan fingerprint density at radius 3 is 2.47 bits per heavy atom. The van der Waals surface area contributed by atoms with Crippen molar-refractivity contribution in [1.29, 1.82) is 0 Å². The summed E-state index contributed by atoms with van der Waals surface area (Å²) in [6.45, 7) is 3.84. The molecule has 1 atom stereocenters. The lowest BCUT2D eigenvalue weighted by Gasteiger charge is -2.21. The van der Waals surface area contributed by atoms with Gasteiger partial charge in [-0.2, -0.15) is 0 Å². The van der Waals surface area contributed by atoms with Gasteiger partial charge in [-0.15, -0.1) is 10.2 Å². The highest BCUT2D eigenvalue weighted by Gasteiger charge is 2.25. The van der Waals surface area contributed by atoms with E-state index in [2.05, 4.69) is 15.2 Å². The van der Waals surface area contributed by atoms with E-state index in [1.165, 1.54) is 11.8 Å². The number of halogens is 1. The first-order valence-corrected chi connectivity index (χ1v) is 11.3. The maximum atomic E-state index is 13.1. The minimum absolute atomic E-state index is 0.0240. The molecule has 8 heteroatoms. The van der Waals surface area contributed by atoms with Crippen LogP contribution in [0.25, 0.3) is 17.1 Å². The lowest BCUT2D eigenvalue weighted by Crippen LogP contribution is -2.33. The summed E-state index contributed by atoms with van der Waals surface area (Å²) >= 11 is 7.78. The summed E-state index contributed by atoms with van der Waals surface area (Å²) in [7, 11) is 1.78. The van der Waals surface area contributed by atoms with Crippen LogP contribution in [0.15, 0.2) is 78.2 Å². The van der Waals surface area contributed by atoms with Gasteiger partial charge < -0.3 is 4.90 Å². The first-order chi connectivity index (χ1) is 15.5. The highest BCUT2D eigenvalue weighted by Crippen LogP contribution is 2.33. The molecule has 32 heavy (non-hydrogen) atoms. The molecule has 0 radical (unpaired) electrons. The fraction of sp³-hybridized carbons (Fsp3) is 0.167. The molecule has 2 aromatic heterocycles. The van der Waals surface area contributed by atoms with E-state index in [0.717, 1.165) is 22.5 Å². The molecule has 0 saturated heterocycles. The molecule has 2 heterocycles. The molecule has 4 rings (SSSR count). The number of benzene rings is 2. The Balaban J connectivity index is 1.72. The largest absolute Gasteiger partial charge is 0.315 e. The number of carbonyl (C=O) groups excluding carboxylic acids is 1. The van der Waals surface area contributed by atoms with Crippen molar-refractivity contribution in [3.05, 3.63) is 83.6 Å². The van der Waals surface area contributed by atoms with Crippen molar-refractivity contribution in [2.75, 3.05) is 11.9 Å². The zero-order chi connectivity index (χ0) is 22.7. The van der Waals surface area contributed by atoms with E-state index < -0.39 is 0 Å². The maximum Gasteiger partial charge on any atom is 0.240 e. The summed E-state index contributed by atoms with van der Waals surface area (Å²) in [4.78, 5) is 18.9. The summed E-state index contributed by atoms with van der Waals surface area (Å²) in [5.41, 5.74) is 3.49. The number of pyridine rings is 1. The van der Waals surface area contributed by atoms with E-state index in [-0.39, 0.29) is 11.2 Å². The van der Waals surface area contributed by atoms with Gasteiger partial charge >= 0.3 is 0 Å². The molecule has 0 spiro atoms. The van der Waals surface area contributed by atoms with Crippen molar-refractivity contribution in [3.63, 3.8) is 0 Å². The van der Waals surface area contributed by atoms with Gasteiger partial charge in [0.25, 0.3) is 0 Å².